The van der Waals surface area contributed by atoms with Crippen LogP contribution in [0.15, 0.2) is 217 Å². The van der Waals surface area contributed by atoms with Gasteiger partial charge in [0.05, 0.1) is 0 Å². The van der Waals surface area contributed by atoms with Crippen LogP contribution in [-0.2, 0) is 0 Å². The van der Waals surface area contributed by atoms with Crippen LogP contribution >= 0.6 is 22.7 Å². The fraction of sp³-hybridized carbons (Fsp3) is 0. The van der Waals surface area contributed by atoms with Crippen molar-refractivity contribution in [1.29, 1.82) is 0 Å². The lowest BCUT2D eigenvalue weighted by molar-refractivity contribution is 0.673. The van der Waals surface area contributed by atoms with Crippen LogP contribution < -0.4 is 4.90 Å². The van der Waals surface area contributed by atoms with Crippen molar-refractivity contribution < 1.29 is 4.42 Å². The Kier molecular flexibility index (Phi) is 7.99. The van der Waals surface area contributed by atoms with Crippen molar-refractivity contribution in [3.63, 3.8) is 0 Å². The number of hydrogen-bond acceptors (Lipinski definition) is 4. The Bertz CT molecular complexity index is 3850. The summed E-state index contributed by atoms with van der Waals surface area (Å²) in [5, 5.41) is 9.87. The van der Waals surface area contributed by atoms with Crippen LogP contribution in [0.2, 0.25) is 0 Å². The number of fused-ring (bicyclic) bond motifs is 11. The third-order valence-electron chi connectivity index (χ3n) is 12.5. The summed E-state index contributed by atoms with van der Waals surface area (Å²) < 4.78 is 11.8. The number of furan rings is 1. The molecular weight excluding hydrogens is 791 g/mol. The van der Waals surface area contributed by atoms with E-state index >= 15 is 0 Å². The molecule has 0 radical (unpaired) electrons. The van der Waals surface area contributed by atoms with E-state index in [9.17, 15) is 0 Å². The summed E-state index contributed by atoms with van der Waals surface area (Å²) >= 11 is 3.74. The minimum absolute atomic E-state index is 0.900. The molecule has 0 unspecified atom stereocenters. The predicted molar refractivity (Wildman–Crippen MR) is 268 cm³/mol. The monoisotopic (exact) mass is 825 g/mol. The van der Waals surface area contributed by atoms with Gasteiger partial charge in [-0.05, 0) is 105 Å². The lowest BCUT2D eigenvalue weighted by atomic mass is 9.97. The van der Waals surface area contributed by atoms with Crippen LogP contribution in [0.25, 0.3) is 106 Å². The van der Waals surface area contributed by atoms with Gasteiger partial charge in [-0.15, -0.1) is 22.7 Å². The van der Waals surface area contributed by atoms with E-state index in [0.717, 1.165) is 55.5 Å². The lowest BCUT2D eigenvalue weighted by Crippen LogP contribution is -2.09. The van der Waals surface area contributed by atoms with Gasteiger partial charge >= 0.3 is 0 Å². The van der Waals surface area contributed by atoms with Crippen LogP contribution in [0.3, 0.4) is 0 Å². The molecule has 0 saturated heterocycles. The topological polar surface area (TPSA) is 16.4 Å². The standard InChI is InChI=1S/C58H35NOS2/c1-2-11-45-36(10-1)28-35-50-55-43(14-8-18-51(55)60-57(45)50)37-22-29-40(30-23-37)59(41-31-24-38(25-32-41)44-15-9-21-54-56(44)49-13-4-6-20-53(49)61-54)42-33-26-39(27-34-42)46-16-7-17-48-47-12-3-5-19-52(47)62-58(46)48/h1-35H. The van der Waals surface area contributed by atoms with Gasteiger partial charge in [0.25, 0.3) is 0 Å². The van der Waals surface area contributed by atoms with Gasteiger partial charge in [-0.25, -0.2) is 0 Å². The number of nitrogens with zero attached hydrogens (tertiary/aromatic N) is 1. The van der Waals surface area contributed by atoms with Crippen LogP contribution in [0.4, 0.5) is 17.1 Å². The smallest absolute Gasteiger partial charge is 0.143 e. The number of rotatable bonds is 6. The quantitative estimate of drug-likeness (QED) is 0.166. The molecule has 0 aliphatic carbocycles. The van der Waals surface area contributed by atoms with Crippen LogP contribution in [0.5, 0.6) is 0 Å². The third kappa shape index (κ3) is 5.54. The maximum atomic E-state index is 6.56. The molecule has 0 N–H and O–H groups in total. The largest absolute Gasteiger partial charge is 0.455 e. The maximum Gasteiger partial charge on any atom is 0.143 e. The summed E-state index contributed by atoms with van der Waals surface area (Å²) in [7, 11) is 0. The first kappa shape index (κ1) is 35.3. The van der Waals surface area contributed by atoms with E-state index in [1.54, 1.807) is 0 Å². The van der Waals surface area contributed by atoms with Crippen molar-refractivity contribution in [3.8, 4) is 33.4 Å². The molecule has 0 aliphatic heterocycles. The normalized spacial score (nSPS) is 11.9. The number of anilines is 3. The Hall–Kier alpha value is -7.50. The van der Waals surface area contributed by atoms with Gasteiger partial charge in [0.1, 0.15) is 11.2 Å². The Morgan fingerprint density at radius 2 is 0.839 bits per heavy atom. The van der Waals surface area contributed by atoms with Crippen molar-refractivity contribution in [1.82, 2.24) is 0 Å². The minimum atomic E-state index is 0.900. The Morgan fingerprint density at radius 1 is 0.323 bits per heavy atom. The molecule has 0 spiro atoms. The van der Waals surface area contributed by atoms with Gasteiger partial charge in [0.2, 0.25) is 0 Å². The number of hydrogen-bond donors (Lipinski definition) is 0. The molecule has 0 fully saturated rings. The zero-order valence-electron chi connectivity index (χ0n) is 33.4. The first-order chi connectivity index (χ1) is 30.7. The molecule has 290 valence electrons. The molecule has 0 saturated carbocycles. The summed E-state index contributed by atoms with van der Waals surface area (Å²) in [6.45, 7) is 0. The average Bonchev–Trinajstić information content (AvgIpc) is 4.04. The maximum absolute atomic E-state index is 6.56. The van der Waals surface area contributed by atoms with Crippen molar-refractivity contribution in [2.45, 2.75) is 0 Å². The summed E-state index contributed by atoms with van der Waals surface area (Å²) in [6, 6.07) is 77.3. The second-order valence-electron chi connectivity index (χ2n) is 16.0. The molecule has 2 nitrogen and oxygen atoms in total. The molecule has 0 aliphatic rings. The highest BCUT2D eigenvalue weighted by Gasteiger charge is 2.19. The molecule has 4 heteroatoms. The van der Waals surface area contributed by atoms with Gasteiger partial charge in [-0.2, -0.15) is 0 Å². The van der Waals surface area contributed by atoms with Crippen LogP contribution in [-0.4, -0.2) is 0 Å². The van der Waals surface area contributed by atoms with Gasteiger partial charge in [0, 0.05) is 73.6 Å². The molecule has 0 atom stereocenters. The molecule has 3 aromatic heterocycles. The van der Waals surface area contributed by atoms with E-state index in [1.165, 1.54) is 68.0 Å². The first-order valence-electron chi connectivity index (χ1n) is 21.0. The van der Waals surface area contributed by atoms with Gasteiger partial charge in [-0.3, -0.25) is 0 Å². The molecule has 10 aromatic carbocycles. The molecule has 0 bridgehead atoms. The average molecular weight is 826 g/mol. The summed E-state index contributed by atoms with van der Waals surface area (Å²) in [6.07, 6.45) is 0. The second-order valence-corrected chi connectivity index (χ2v) is 18.1. The zero-order chi connectivity index (χ0) is 40.7. The van der Waals surface area contributed by atoms with E-state index in [2.05, 4.69) is 217 Å². The van der Waals surface area contributed by atoms with E-state index in [0.29, 0.717) is 0 Å². The van der Waals surface area contributed by atoms with E-state index in [1.807, 2.05) is 22.7 Å². The number of thiophene rings is 2. The van der Waals surface area contributed by atoms with E-state index in [4.69, 9.17) is 4.42 Å². The molecular formula is C58H35NOS2. The molecule has 0 amide bonds. The highest BCUT2D eigenvalue weighted by atomic mass is 32.1. The van der Waals surface area contributed by atoms with E-state index in [-0.39, 0.29) is 0 Å². The van der Waals surface area contributed by atoms with Crippen molar-refractivity contribution in [2.24, 2.45) is 0 Å². The summed E-state index contributed by atoms with van der Waals surface area (Å²) in [5.74, 6) is 0. The zero-order valence-corrected chi connectivity index (χ0v) is 35.0. The molecule has 3 heterocycles. The van der Waals surface area contributed by atoms with Crippen molar-refractivity contribution in [2.75, 3.05) is 4.90 Å². The van der Waals surface area contributed by atoms with Gasteiger partial charge in [-0.1, -0.05) is 146 Å². The predicted octanol–water partition coefficient (Wildman–Crippen LogP) is 17.9. The molecule has 62 heavy (non-hydrogen) atoms. The third-order valence-corrected chi connectivity index (χ3v) is 14.9. The number of benzene rings is 10. The van der Waals surface area contributed by atoms with Gasteiger partial charge in [0.15, 0.2) is 0 Å². The van der Waals surface area contributed by atoms with Gasteiger partial charge < -0.3 is 9.32 Å². The van der Waals surface area contributed by atoms with Crippen LogP contribution in [0, 0.1) is 0 Å². The Labute approximate surface area is 365 Å². The molecule has 13 aromatic rings. The van der Waals surface area contributed by atoms with Crippen LogP contribution in [0.1, 0.15) is 0 Å². The summed E-state index contributed by atoms with van der Waals surface area (Å²) in [4.78, 5) is 2.37. The van der Waals surface area contributed by atoms with Crippen molar-refractivity contribution in [3.05, 3.63) is 212 Å². The highest BCUT2D eigenvalue weighted by molar-refractivity contribution is 7.26. The fourth-order valence-corrected chi connectivity index (χ4v) is 12.0. The first-order valence-corrected chi connectivity index (χ1v) is 22.6. The summed E-state index contributed by atoms with van der Waals surface area (Å²) in [5.41, 5.74) is 12.4. The minimum Gasteiger partial charge on any atom is -0.455 e. The van der Waals surface area contributed by atoms with Crippen molar-refractivity contribution >= 4 is 113 Å². The highest BCUT2D eigenvalue weighted by Crippen LogP contribution is 2.45. The fourth-order valence-electron chi connectivity index (χ4n) is 9.60. The second kappa shape index (κ2) is 14.0. The molecule has 13 rings (SSSR count). The SMILES string of the molecule is c1ccc2c(c1)ccc1c2oc2cccc(-c3ccc(N(c4ccc(-c5cccc6c5sc5ccccc56)cc4)c4ccc(-c5cccc6sc7ccccc7c56)cc4)cc3)c21. The Morgan fingerprint density at radius 3 is 1.55 bits per heavy atom. The Balaban J connectivity index is 0.924. The van der Waals surface area contributed by atoms with E-state index < -0.39 is 0 Å². The lowest BCUT2D eigenvalue weighted by Gasteiger charge is -2.26.